The summed E-state index contributed by atoms with van der Waals surface area (Å²) in [5.41, 5.74) is 2.24. The second kappa shape index (κ2) is 8.70. The Morgan fingerprint density at radius 3 is 2.93 bits per heavy atom. The maximum atomic E-state index is 13.2. The van der Waals surface area contributed by atoms with Crippen molar-refractivity contribution in [1.82, 2.24) is 20.2 Å². The van der Waals surface area contributed by atoms with E-state index in [0.29, 0.717) is 0 Å². The minimum atomic E-state index is -0.119. The summed E-state index contributed by atoms with van der Waals surface area (Å²) in [6.07, 6.45) is 7.83. The second-order valence-corrected chi connectivity index (χ2v) is 9.27. The first-order valence-electron chi connectivity index (χ1n) is 10.8. The maximum Gasteiger partial charge on any atom is 0.243 e. The lowest BCUT2D eigenvalue weighted by molar-refractivity contribution is -0.123. The molecule has 2 fully saturated rings. The third-order valence-electron chi connectivity index (χ3n) is 6.08. The Labute approximate surface area is 180 Å². The lowest BCUT2D eigenvalue weighted by Crippen LogP contribution is -2.52. The van der Waals surface area contributed by atoms with Crippen LogP contribution in [0.4, 0.5) is 5.13 Å². The SMILES string of the molecule is O=C(N[C@H]1CCN(Cc2cccnc2)C1)[C@@H]1CCCCN1c1nc2ccccc2s1. The number of likely N-dealkylation sites (tertiary alicyclic amines) is 1. The van der Waals surface area contributed by atoms with Crippen LogP contribution >= 0.6 is 11.3 Å². The van der Waals surface area contributed by atoms with Crippen LogP contribution in [0.5, 0.6) is 0 Å². The zero-order valence-electron chi connectivity index (χ0n) is 17.0. The van der Waals surface area contributed by atoms with Gasteiger partial charge in [0.15, 0.2) is 5.13 Å². The molecule has 2 atom stereocenters. The van der Waals surface area contributed by atoms with E-state index in [0.717, 1.165) is 62.5 Å². The summed E-state index contributed by atoms with van der Waals surface area (Å²) in [4.78, 5) is 26.8. The van der Waals surface area contributed by atoms with Gasteiger partial charge in [-0.3, -0.25) is 14.7 Å². The van der Waals surface area contributed by atoms with Crippen LogP contribution in [0.2, 0.25) is 0 Å². The molecule has 0 unspecified atom stereocenters. The first kappa shape index (κ1) is 19.5. The Morgan fingerprint density at radius 2 is 2.07 bits per heavy atom. The number of hydrogen-bond donors (Lipinski definition) is 1. The smallest absolute Gasteiger partial charge is 0.243 e. The number of rotatable bonds is 5. The van der Waals surface area contributed by atoms with Gasteiger partial charge in [0.1, 0.15) is 6.04 Å². The number of fused-ring (bicyclic) bond motifs is 1. The minimum absolute atomic E-state index is 0.119. The largest absolute Gasteiger partial charge is 0.350 e. The van der Waals surface area contributed by atoms with E-state index in [1.807, 2.05) is 30.5 Å². The highest BCUT2D eigenvalue weighted by Gasteiger charge is 2.33. The number of benzene rings is 1. The van der Waals surface area contributed by atoms with Crippen molar-refractivity contribution in [2.45, 2.75) is 44.3 Å². The third-order valence-corrected chi connectivity index (χ3v) is 7.15. The Balaban J connectivity index is 1.23. The Hall–Kier alpha value is -2.51. The van der Waals surface area contributed by atoms with Gasteiger partial charge < -0.3 is 10.2 Å². The van der Waals surface area contributed by atoms with Crippen LogP contribution in [-0.4, -0.2) is 52.5 Å². The predicted molar refractivity (Wildman–Crippen MR) is 121 cm³/mol. The molecule has 1 aromatic carbocycles. The molecule has 0 spiro atoms. The number of thiazole rings is 1. The lowest BCUT2D eigenvalue weighted by atomic mass is 10.0. The van der Waals surface area contributed by atoms with Crippen molar-refractivity contribution >= 4 is 32.6 Å². The summed E-state index contributed by atoms with van der Waals surface area (Å²) < 4.78 is 1.18. The van der Waals surface area contributed by atoms with Gasteiger partial charge in [-0.1, -0.05) is 29.5 Å². The maximum absolute atomic E-state index is 13.2. The number of pyridine rings is 1. The molecule has 2 aromatic heterocycles. The second-order valence-electron chi connectivity index (χ2n) is 8.26. The molecule has 2 aliphatic rings. The monoisotopic (exact) mass is 421 g/mol. The van der Waals surface area contributed by atoms with Gasteiger partial charge in [0.05, 0.1) is 10.2 Å². The first-order valence-corrected chi connectivity index (χ1v) is 11.6. The number of para-hydroxylation sites is 1. The normalized spacial score (nSPS) is 22.5. The Morgan fingerprint density at radius 1 is 1.13 bits per heavy atom. The minimum Gasteiger partial charge on any atom is -0.350 e. The van der Waals surface area contributed by atoms with Crippen molar-refractivity contribution < 1.29 is 4.79 Å². The molecular formula is C23H27N5OS. The van der Waals surface area contributed by atoms with Gasteiger partial charge in [0, 0.05) is 44.6 Å². The van der Waals surface area contributed by atoms with Crippen molar-refractivity contribution in [3.63, 3.8) is 0 Å². The van der Waals surface area contributed by atoms with Gasteiger partial charge in [-0.05, 0) is 49.4 Å². The lowest BCUT2D eigenvalue weighted by Gasteiger charge is -2.35. The van der Waals surface area contributed by atoms with Crippen LogP contribution in [-0.2, 0) is 11.3 Å². The molecule has 156 valence electrons. The van der Waals surface area contributed by atoms with Crippen LogP contribution in [0.25, 0.3) is 10.2 Å². The highest BCUT2D eigenvalue weighted by Crippen LogP contribution is 2.32. The number of carbonyl (C=O) groups excluding carboxylic acids is 1. The number of anilines is 1. The highest BCUT2D eigenvalue weighted by atomic mass is 32.1. The fourth-order valence-corrected chi connectivity index (χ4v) is 5.60. The Bertz CT molecular complexity index is 974. The molecule has 6 nitrogen and oxygen atoms in total. The zero-order chi connectivity index (χ0) is 20.3. The van der Waals surface area contributed by atoms with Gasteiger partial charge in [0.25, 0.3) is 0 Å². The molecule has 3 aromatic rings. The molecule has 0 aliphatic carbocycles. The summed E-state index contributed by atoms with van der Waals surface area (Å²) in [6.45, 7) is 3.69. The van der Waals surface area contributed by atoms with E-state index in [4.69, 9.17) is 4.98 Å². The number of hydrogen-bond acceptors (Lipinski definition) is 6. The van der Waals surface area contributed by atoms with E-state index in [1.54, 1.807) is 17.5 Å². The predicted octanol–water partition coefficient (Wildman–Crippen LogP) is 3.44. The highest BCUT2D eigenvalue weighted by molar-refractivity contribution is 7.22. The van der Waals surface area contributed by atoms with Gasteiger partial charge >= 0.3 is 0 Å². The fraction of sp³-hybridized carbons (Fsp3) is 0.435. The van der Waals surface area contributed by atoms with Crippen molar-refractivity contribution in [3.8, 4) is 0 Å². The number of aromatic nitrogens is 2. The van der Waals surface area contributed by atoms with E-state index in [2.05, 4.69) is 32.2 Å². The van der Waals surface area contributed by atoms with Gasteiger partial charge in [-0.25, -0.2) is 4.98 Å². The molecule has 30 heavy (non-hydrogen) atoms. The number of amides is 1. The Kier molecular flexibility index (Phi) is 5.64. The zero-order valence-corrected chi connectivity index (χ0v) is 17.9. The average molecular weight is 422 g/mol. The summed E-state index contributed by atoms with van der Waals surface area (Å²) in [7, 11) is 0. The van der Waals surface area contributed by atoms with Gasteiger partial charge in [-0.15, -0.1) is 0 Å². The number of carbonyl (C=O) groups is 1. The molecule has 1 N–H and O–H groups in total. The molecule has 5 rings (SSSR count). The van der Waals surface area contributed by atoms with E-state index in [-0.39, 0.29) is 18.0 Å². The molecule has 4 heterocycles. The van der Waals surface area contributed by atoms with Crippen LogP contribution in [0.15, 0.2) is 48.8 Å². The van der Waals surface area contributed by atoms with Crippen LogP contribution in [0.1, 0.15) is 31.2 Å². The molecule has 0 radical (unpaired) electrons. The molecule has 2 aliphatic heterocycles. The fourth-order valence-electron chi connectivity index (χ4n) is 4.56. The van der Waals surface area contributed by atoms with Crippen LogP contribution in [0, 0.1) is 0 Å². The van der Waals surface area contributed by atoms with Crippen molar-refractivity contribution in [2.75, 3.05) is 24.5 Å². The van der Waals surface area contributed by atoms with E-state index in [1.165, 1.54) is 10.3 Å². The third kappa shape index (κ3) is 4.18. The molecule has 2 saturated heterocycles. The van der Waals surface area contributed by atoms with Gasteiger partial charge in [-0.2, -0.15) is 0 Å². The van der Waals surface area contributed by atoms with E-state index >= 15 is 0 Å². The summed E-state index contributed by atoms with van der Waals surface area (Å²) in [6, 6.07) is 12.4. The number of nitrogens with one attached hydrogen (secondary N) is 1. The molecule has 0 bridgehead atoms. The molecular weight excluding hydrogens is 394 g/mol. The van der Waals surface area contributed by atoms with Crippen molar-refractivity contribution in [1.29, 1.82) is 0 Å². The van der Waals surface area contributed by atoms with E-state index < -0.39 is 0 Å². The average Bonchev–Trinajstić information content (AvgIpc) is 3.41. The molecule has 1 amide bonds. The summed E-state index contributed by atoms with van der Waals surface area (Å²) in [5.74, 6) is 0.155. The van der Waals surface area contributed by atoms with E-state index in [9.17, 15) is 4.79 Å². The quantitative estimate of drug-likeness (QED) is 0.684. The summed E-state index contributed by atoms with van der Waals surface area (Å²) >= 11 is 1.69. The molecule has 7 heteroatoms. The van der Waals surface area contributed by atoms with Crippen LogP contribution < -0.4 is 10.2 Å². The topological polar surface area (TPSA) is 61.4 Å². The van der Waals surface area contributed by atoms with Crippen molar-refractivity contribution in [2.24, 2.45) is 0 Å². The number of piperidine rings is 1. The van der Waals surface area contributed by atoms with Gasteiger partial charge in [0.2, 0.25) is 5.91 Å². The number of nitrogens with zero attached hydrogens (tertiary/aromatic N) is 4. The van der Waals surface area contributed by atoms with Crippen molar-refractivity contribution in [3.05, 3.63) is 54.4 Å². The van der Waals surface area contributed by atoms with Crippen LogP contribution in [0.3, 0.4) is 0 Å². The molecule has 0 saturated carbocycles. The standard InChI is InChI=1S/C23H27N5OS/c29-22(25-18-10-13-27(16-18)15-17-6-5-11-24-14-17)20-8-3-4-12-28(20)23-26-19-7-1-2-9-21(19)30-23/h1-2,5-7,9,11,14,18,20H,3-4,8,10,12-13,15-16H2,(H,25,29)/t18-,20-/m0/s1. The summed E-state index contributed by atoms with van der Waals surface area (Å²) in [5, 5.41) is 4.31. The first-order chi connectivity index (χ1) is 14.8.